The highest BCUT2D eigenvalue weighted by Crippen LogP contribution is 2.64. The third-order valence-electron chi connectivity index (χ3n) is 2.23. The highest BCUT2D eigenvalue weighted by atomic mass is 31.2. The van der Waals surface area contributed by atoms with Crippen LogP contribution in [0.5, 0.6) is 0 Å². The summed E-state index contributed by atoms with van der Waals surface area (Å²) in [6.45, 7) is 2.52. The largest absolute Gasteiger partial charge is 0.455 e. The van der Waals surface area contributed by atoms with Gasteiger partial charge in [0.15, 0.2) is 6.10 Å². The van der Waals surface area contributed by atoms with E-state index in [1.54, 1.807) is 0 Å². The minimum Gasteiger partial charge on any atom is -0.455 e. The fourth-order valence-electron chi connectivity index (χ4n) is 1.50. The molecule has 0 saturated carbocycles. The van der Waals surface area contributed by atoms with Crippen LogP contribution in [0.2, 0.25) is 0 Å². The Kier molecular flexibility index (Phi) is 4.63. The Morgan fingerprint density at radius 1 is 1.41 bits per heavy atom. The van der Waals surface area contributed by atoms with Crippen molar-refractivity contribution in [3.63, 3.8) is 0 Å². The van der Waals surface area contributed by atoms with Crippen LogP contribution in [0.3, 0.4) is 0 Å². The molecule has 1 rings (SSSR count). The van der Waals surface area contributed by atoms with Crippen LogP contribution in [0.1, 0.15) is 26.7 Å². The fraction of sp³-hybridized carbons (Fsp3) is 0.889. The maximum atomic E-state index is 13.9. The SMILES string of the molecule is CCOP(=O)(OCC)C(F)(F)[C@@H]1CCC(=O)O1. The first-order chi connectivity index (χ1) is 7.87. The number of hydrogen-bond donors (Lipinski definition) is 0. The van der Waals surface area contributed by atoms with E-state index in [0.717, 1.165) is 0 Å². The molecule has 0 amide bonds. The number of hydrogen-bond acceptors (Lipinski definition) is 5. The van der Waals surface area contributed by atoms with E-state index in [-0.39, 0.29) is 26.1 Å². The van der Waals surface area contributed by atoms with E-state index in [2.05, 4.69) is 13.8 Å². The van der Waals surface area contributed by atoms with Gasteiger partial charge in [0.25, 0.3) is 0 Å². The molecule has 8 heteroatoms. The number of rotatable bonds is 6. The average Bonchev–Trinajstić information content (AvgIpc) is 2.66. The van der Waals surface area contributed by atoms with Gasteiger partial charge < -0.3 is 13.8 Å². The zero-order valence-electron chi connectivity index (χ0n) is 9.65. The first-order valence-electron chi connectivity index (χ1n) is 5.34. The summed E-state index contributed by atoms with van der Waals surface area (Å²) in [5.41, 5.74) is -3.81. The summed E-state index contributed by atoms with van der Waals surface area (Å²) in [6.07, 6.45) is -2.03. The third-order valence-corrected chi connectivity index (χ3v) is 4.45. The van der Waals surface area contributed by atoms with Gasteiger partial charge in [-0.05, 0) is 13.8 Å². The minimum absolute atomic E-state index is 0.113. The lowest BCUT2D eigenvalue weighted by Gasteiger charge is -2.28. The molecule has 0 aromatic carbocycles. The van der Waals surface area contributed by atoms with Gasteiger partial charge in [-0.15, -0.1) is 0 Å². The number of carbonyl (C=O) groups is 1. The van der Waals surface area contributed by atoms with Gasteiger partial charge in [-0.25, -0.2) is 0 Å². The van der Waals surface area contributed by atoms with Crippen LogP contribution >= 0.6 is 7.60 Å². The van der Waals surface area contributed by atoms with Crippen LogP contribution in [0.15, 0.2) is 0 Å². The van der Waals surface area contributed by atoms with Crippen LogP contribution < -0.4 is 0 Å². The molecule has 0 N–H and O–H groups in total. The smallest absolute Gasteiger partial charge is 0.403 e. The maximum absolute atomic E-state index is 13.9. The second-order valence-electron chi connectivity index (χ2n) is 3.44. The molecule has 0 bridgehead atoms. The number of esters is 1. The molecule has 1 atom stereocenters. The van der Waals surface area contributed by atoms with E-state index in [1.165, 1.54) is 13.8 Å². The highest BCUT2D eigenvalue weighted by Gasteiger charge is 2.61. The summed E-state index contributed by atoms with van der Waals surface area (Å²) in [4.78, 5) is 10.8. The van der Waals surface area contributed by atoms with Crippen molar-refractivity contribution in [1.29, 1.82) is 0 Å². The van der Waals surface area contributed by atoms with Crippen LogP contribution in [0.25, 0.3) is 0 Å². The van der Waals surface area contributed by atoms with E-state index in [4.69, 9.17) is 0 Å². The first kappa shape index (κ1) is 14.5. The summed E-state index contributed by atoms with van der Waals surface area (Å²) < 4.78 is 53.4. The molecule has 0 aliphatic carbocycles. The van der Waals surface area contributed by atoms with E-state index >= 15 is 0 Å². The number of ether oxygens (including phenoxy) is 1. The number of halogens is 2. The molecule has 17 heavy (non-hydrogen) atoms. The molecular formula is C9H15F2O5P. The van der Waals surface area contributed by atoms with E-state index in [9.17, 15) is 18.1 Å². The molecule has 1 saturated heterocycles. The second-order valence-corrected chi connectivity index (χ2v) is 5.55. The summed E-state index contributed by atoms with van der Waals surface area (Å²) in [5, 5.41) is 0. The van der Waals surface area contributed by atoms with Gasteiger partial charge in [0.05, 0.1) is 13.2 Å². The molecule has 1 aliphatic rings. The molecule has 1 aliphatic heterocycles. The lowest BCUT2D eigenvalue weighted by molar-refractivity contribution is -0.151. The molecule has 1 fully saturated rings. The van der Waals surface area contributed by atoms with Gasteiger partial charge in [0.2, 0.25) is 0 Å². The molecule has 1 heterocycles. The van der Waals surface area contributed by atoms with Gasteiger partial charge >= 0.3 is 19.2 Å². The molecule has 0 radical (unpaired) electrons. The van der Waals surface area contributed by atoms with Crippen molar-refractivity contribution < 1.29 is 31.9 Å². The number of cyclic esters (lactones) is 1. The Morgan fingerprint density at radius 2 is 1.94 bits per heavy atom. The molecule has 100 valence electrons. The monoisotopic (exact) mass is 272 g/mol. The standard InChI is InChI=1S/C9H15F2O5P/c1-3-14-17(13,15-4-2)9(10,11)7-5-6-8(12)16-7/h7H,3-6H2,1-2H3/t7-/m0/s1. The van der Waals surface area contributed by atoms with Crippen molar-refractivity contribution in [3.8, 4) is 0 Å². The summed E-state index contributed by atoms with van der Waals surface area (Å²) in [6, 6.07) is 0. The molecule has 0 spiro atoms. The van der Waals surface area contributed by atoms with E-state index < -0.39 is 25.3 Å². The van der Waals surface area contributed by atoms with Gasteiger partial charge in [-0.2, -0.15) is 8.78 Å². The molecule has 5 nitrogen and oxygen atoms in total. The van der Waals surface area contributed by atoms with Gasteiger partial charge in [-0.3, -0.25) is 9.36 Å². The third kappa shape index (κ3) is 2.84. The Balaban J connectivity index is 2.91. The Morgan fingerprint density at radius 3 is 2.29 bits per heavy atom. The van der Waals surface area contributed by atoms with Crippen molar-refractivity contribution in [2.45, 2.75) is 38.5 Å². The maximum Gasteiger partial charge on any atom is 0.403 e. The molecule has 0 unspecified atom stereocenters. The molecule has 0 aromatic rings. The lowest BCUT2D eigenvalue weighted by atomic mass is 10.2. The zero-order chi connectivity index (χ0) is 13.1. The normalized spacial score (nSPS) is 21.6. The van der Waals surface area contributed by atoms with E-state index in [1.807, 2.05) is 0 Å². The average molecular weight is 272 g/mol. The van der Waals surface area contributed by atoms with Crippen LogP contribution in [0.4, 0.5) is 8.78 Å². The van der Waals surface area contributed by atoms with Gasteiger partial charge in [0, 0.05) is 12.8 Å². The molecular weight excluding hydrogens is 257 g/mol. The minimum atomic E-state index is -4.61. The van der Waals surface area contributed by atoms with Crippen LogP contribution in [-0.2, 0) is 23.1 Å². The van der Waals surface area contributed by atoms with Gasteiger partial charge in [-0.1, -0.05) is 0 Å². The molecule has 0 aromatic heterocycles. The number of carbonyl (C=O) groups excluding carboxylic acids is 1. The summed E-state index contributed by atoms with van der Waals surface area (Å²) in [7, 11) is -4.61. The highest BCUT2D eigenvalue weighted by molar-refractivity contribution is 7.55. The summed E-state index contributed by atoms with van der Waals surface area (Å²) >= 11 is 0. The van der Waals surface area contributed by atoms with Gasteiger partial charge in [0.1, 0.15) is 0 Å². The number of alkyl halides is 2. The Labute approximate surface area is 97.9 Å². The van der Waals surface area contributed by atoms with Crippen molar-refractivity contribution in [3.05, 3.63) is 0 Å². The topological polar surface area (TPSA) is 61.8 Å². The Hall–Kier alpha value is -0.520. The quantitative estimate of drug-likeness (QED) is 0.549. The second kappa shape index (κ2) is 5.42. The van der Waals surface area contributed by atoms with Crippen molar-refractivity contribution in [1.82, 2.24) is 0 Å². The van der Waals surface area contributed by atoms with E-state index in [0.29, 0.717) is 0 Å². The van der Waals surface area contributed by atoms with Crippen molar-refractivity contribution in [2.75, 3.05) is 13.2 Å². The fourth-order valence-corrected chi connectivity index (χ4v) is 3.13. The Bertz CT molecular complexity index is 323. The predicted molar refractivity (Wildman–Crippen MR) is 54.9 cm³/mol. The van der Waals surface area contributed by atoms with Crippen LogP contribution in [-0.4, -0.2) is 31.0 Å². The van der Waals surface area contributed by atoms with Crippen molar-refractivity contribution >= 4 is 13.6 Å². The lowest BCUT2D eigenvalue weighted by Crippen LogP contribution is -2.34. The first-order valence-corrected chi connectivity index (χ1v) is 6.88. The summed E-state index contributed by atoms with van der Waals surface area (Å²) in [5.74, 6) is -0.728. The van der Waals surface area contributed by atoms with Crippen LogP contribution in [0, 0.1) is 0 Å². The predicted octanol–water partition coefficient (Wildman–Crippen LogP) is 2.55. The zero-order valence-corrected chi connectivity index (χ0v) is 10.5. The van der Waals surface area contributed by atoms with Crippen molar-refractivity contribution in [2.24, 2.45) is 0 Å².